The van der Waals surface area contributed by atoms with E-state index in [0.717, 1.165) is 19.1 Å². The van der Waals surface area contributed by atoms with Gasteiger partial charge in [-0.1, -0.05) is 0 Å². The molecule has 0 saturated heterocycles. The third-order valence-electron chi connectivity index (χ3n) is 2.24. The molecule has 1 aromatic rings. The third kappa shape index (κ3) is 2.93. The first-order chi connectivity index (χ1) is 8.27. The zero-order chi connectivity index (χ0) is 13.9. The minimum Gasteiger partial charge on any atom is -0.479 e. The molecule has 3 N–H and O–H groups in total. The smallest absolute Gasteiger partial charge is 0.337 e. The Kier molecular flexibility index (Phi) is 3.83. The Hall–Kier alpha value is -2.20. The zero-order valence-corrected chi connectivity index (χ0v) is 9.37. The quantitative estimate of drug-likeness (QED) is 0.749. The summed E-state index contributed by atoms with van der Waals surface area (Å²) in [6.45, 7) is 0.407. The Morgan fingerprint density at radius 1 is 1.50 bits per heavy atom. The average molecular weight is 256 g/mol. The van der Waals surface area contributed by atoms with Gasteiger partial charge in [0.25, 0.3) is 0 Å². The molecule has 96 valence electrons. The fourth-order valence-electron chi connectivity index (χ4n) is 1.14. The lowest BCUT2D eigenvalue weighted by atomic mass is 10.1. The molecular formula is C11H10F2N2O3. The summed E-state index contributed by atoms with van der Waals surface area (Å²) in [6.07, 6.45) is 0. The standard InChI is InChI=1S/C11H10F2N2O3/c1-11(18,10(16)17)5-15-9-7(12)2-6(4-14)3-8(9)13/h2-3,15,18H,5H2,1H3,(H,16,17). The molecule has 0 bridgehead atoms. The van der Waals surface area contributed by atoms with Crippen molar-refractivity contribution in [1.29, 1.82) is 5.26 Å². The van der Waals surface area contributed by atoms with Crippen molar-refractivity contribution in [3.05, 3.63) is 29.3 Å². The first-order valence-electron chi connectivity index (χ1n) is 4.86. The minimum atomic E-state index is -2.16. The summed E-state index contributed by atoms with van der Waals surface area (Å²) < 4.78 is 26.8. The van der Waals surface area contributed by atoms with Crippen LogP contribution < -0.4 is 5.32 Å². The van der Waals surface area contributed by atoms with E-state index >= 15 is 0 Å². The van der Waals surface area contributed by atoms with Gasteiger partial charge >= 0.3 is 5.97 Å². The number of halogens is 2. The number of carbonyl (C=O) groups is 1. The molecule has 0 aliphatic rings. The van der Waals surface area contributed by atoms with Gasteiger partial charge in [0.15, 0.2) is 17.2 Å². The van der Waals surface area contributed by atoms with Crippen LogP contribution >= 0.6 is 0 Å². The van der Waals surface area contributed by atoms with Crippen LogP contribution in [0.3, 0.4) is 0 Å². The summed E-state index contributed by atoms with van der Waals surface area (Å²) in [5, 5.41) is 28.6. The molecule has 0 spiro atoms. The number of hydrogen-bond acceptors (Lipinski definition) is 4. The molecule has 1 rings (SSSR count). The first kappa shape index (κ1) is 13.9. The van der Waals surface area contributed by atoms with Crippen LogP contribution in [-0.2, 0) is 4.79 Å². The van der Waals surface area contributed by atoms with E-state index in [-0.39, 0.29) is 5.56 Å². The van der Waals surface area contributed by atoms with Crippen molar-refractivity contribution in [3.8, 4) is 6.07 Å². The molecule has 0 heterocycles. The van der Waals surface area contributed by atoms with Crippen molar-refractivity contribution in [3.63, 3.8) is 0 Å². The highest BCUT2D eigenvalue weighted by atomic mass is 19.1. The number of anilines is 1. The van der Waals surface area contributed by atoms with E-state index in [1.165, 1.54) is 0 Å². The van der Waals surface area contributed by atoms with Gasteiger partial charge in [-0.05, 0) is 19.1 Å². The van der Waals surface area contributed by atoms with E-state index in [9.17, 15) is 18.7 Å². The molecule has 1 aromatic carbocycles. The van der Waals surface area contributed by atoms with Crippen molar-refractivity contribution < 1.29 is 23.8 Å². The number of nitrogens with one attached hydrogen (secondary N) is 1. The van der Waals surface area contributed by atoms with Gasteiger partial charge in [-0.15, -0.1) is 0 Å². The van der Waals surface area contributed by atoms with Gasteiger partial charge < -0.3 is 15.5 Å². The maximum Gasteiger partial charge on any atom is 0.337 e. The molecule has 1 unspecified atom stereocenters. The molecule has 0 amide bonds. The molecular weight excluding hydrogens is 246 g/mol. The van der Waals surface area contributed by atoms with Crippen LogP contribution in [0.2, 0.25) is 0 Å². The predicted molar refractivity (Wildman–Crippen MR) is 57.8 cm³/mol. The maximum atomic E-state index is 13.4. The molecule has 0 saturated carbocycles. The van der Waals surface area contributed by atoms with Gasteiger partial charge in [-0.3, -0.25) is 0 Å². The van der Waals surface area contributed by atoms with Gasteiger partial charge in [0.05, 0.1) is 18.2 Å². The number of nitrogens with zero attached hydrogens (tertiary/aromatic N) is 1. The van der Waals surface area contributed by atoms with Crippen LogP contribution in [0.1, 0.15) is 12.5 Å². The van der Waals surface area contributed by atoms with Crippen molar-refractivity contribution >= 4 is 11.7 Å². The molecule has 0 fully saturated rings. The molecule has 18 heavy (non-hydrogen) atoms. The fraction of sp³-hybridized carbons (Fsp3) is 0.273. The fourth-order valence-corrected chi connectivity index (χ4v) is 1.14. The zero-order valence-electron chi connectivity index (χ0n) is 9.37. The molecule has 1 atom stereocenters. The normalized spacial score (nSPS) is 13.5. The Labute approximate surface area is 101 Å². The second kappa shape index (κ2) is 4.98. The Bertz CT molecular complexity index is 501. The number of aliphatic hydroxyl groups is 1. The Morgan fingerprint density at radius 2 is 2.00 bits per heavy atom. The van der Waals surface area contributed by atoms with E-state index < -0.39 is 35.4 Å². The number of hydrogen-bond donors (Lipinski definition) is 3. The maximum absolute atomic E-state index is 13.4. The number of carboxylic acids is 1. The van der Waals surface area contributed by atoms with Crippen molar-refractivity contribution in [1.82, 2.24) is 0 Å². The number of aliphatic carboxylic acids is 1. The van der Waals surface area contributed by atoms with E-state index in [0.29, 0.717) is 0 Å². The van der Waals surface area contributed by atoms with Crippen molar-refractivity contribution in [2.45, 2.75) is 12.5 Å². The van der Waals surface area contributed by atoms with Gasteiger partial charge in [-0.25, -0.2) is 13.6 Å². The highest BCUT2D eigenvalue weighted by Crippen LogP contribution is 2.21. The van der Waals surface area contributed by atoms with Gasteiger partial charge in [0.2, 0.25) is 0 Å². The second-order valence-corrected chi connectivity index (χ2v) is 3.86. The Morgan fingerprint density at radius 3 is 2.39 bits per heavy atom. The number of benzene rings is 1. The minimum absolute atomic E-state index is 0.194. The first-order valence-corrected chi connectivity index (χ1v) is 4.86. The molecule has 0 aliphatic carbocycles. The monoisotopic (exact) mass is 256 g/mol. The molecule has 5 nitrogen and oxygen atoms in total. The molecule has 0 aromatic heterocycles. The largest absolute Gasteiger partial charge is 0.479 e. The third-order valence-corrected chi connectivity index (χ3v) is 2.24. The molecule has 0 aliphatic heterocycles. The summed E-state index contributed by atoms with van der Waals surface area (Å²) in [6, 6.07) is 3.19. The van der Waals surface area contributed by atoms with Gasteiger partial charge in [0.1, 0.15) is 5.69 Å². The number of carboxylic acid groups (broad SMARTS) is 1. The number of rotatable bonds is 4. The number of nitriles is 1. The van der Waals surface area contributed by atoms with Crippen LogP contribution in [0.25, 0.3) is 0 Å². The van der Waals surface area contributed by atoms with E-state index in [2.05, 4.69) is 5.32 Å². The van der Waals surface area contributed by atoms with Crippen LogP contribution in [0.5, 0.6) is 0 Å². The lowest BCUT2D eigenvalue weighted by Crippen LogP contribution is -2.42. The van der Waals surface area contributed by atoms with E-state index in [4.69, 9.17) is 10.4 Å². The summed E-state index contributed by atoms with van der Waals surface area (Å²) >= 11 is 0. The lowest BCUT2D eigenvalue weighted by Gasteiger charge is -2.19. The topological polar surface area (TPSA) is 93.4 Å². The SMILES string of the molecule is CC(O)(CNc1c(F)cc(C#N)cc1F)C(=O)O. The lowest BCUT2D eigenvalue weighted by molar-refractivity contribution is -0.155. The van der Waals surface area contributed by atoms with Crippen molar-refractivity contribution in [2.24, 2.45) is 0 Å². The molecule has 0 radical (unpaired) electrons. The Balaban J connectivity index is 2.94. The van der Waals surface area contributed by atoms with E-state index in [1.54, 1.807) is 6.07 Å². The van der Waals surface area contributed by atoms with Crippen LogP contribution in [0.15, 0.2) is 12.1 Å². The summed E-state index contributed by atoms with van der Waals surface area (Å²) in [4.78, 5) is 10.6. The summed E-state index contributed by atoms with van der Waals surface area (Å²) in [5.41, 5.74) is -2.94. The van der Waals surface area contributed by atoms with Gasteiger partial charge in [-0.2, -0.15) is 5.26 Å². The van der Waals surface area contributed by atoms with Crippen LogP contribution in [0, 0.1) is 23.0 Å². The highest BCUT2D eigenvalue weighted by Gasteiger charge is 2.30. The highest BCUT2D eigenvalue weighted by molar-refractivity contribution is 5.77. The summed E-state index contributed by atoms with van der Waals surface area (Å²) in [5.74, 6) is -3.59. The van der Waals surface area contributed by atoms with Gasteiger partial charge in [0, 0.05) is 0 Å². The average Bonchev–Trinajstić information content (AvgIpc) is 2.27. The summed E-state index contributed by atoms with van der Waals surface area (Å²) in [7, 11) is 0. The van der Waals surface area contributed by atoms with E-state index in [1.807, 2.05) is 0 Å². The second-order valence-electron chi connectivity index (χ2n) is 3.86. The van der Waals surface area contributed by atoms with Crippen LogP contribution in [-0.4, -0.2) is 28.3 Å². The van der Waals surface area contributed by atoms with Crippen molar-refractivity contribution in [2.75, 3.05) is 11.9 Å². The van der Waals surface area contributed by atoms with Crippen LogP contribution in [0.4, 0.5) is 14.5 Å². The molecule has 7 heteroatoms. The predicted octanol–water partition coefficient (Wildman–Crippen LogP) is 1.08.